The molecule has 18 heteroatoms. The Balaban J connectivity index is 1.28. The summed E-state index contributed by atoms with van der Waals surface area (Å²) in [6.07, 6.45) is -14.1. The van der Waals surface area contributed by atoms with Crippen molar-refractivity contribution in [1.82, 2.24) is 0 Å². The minimum absolute atomic E-state index is 0.134. The quantitative estimate of drug-likeness (QED) is 0.0607. The Kier molecular flexibility index (Phi) is 11.0. The van der Waals surface area contributed by atoms with E-state index in [2.05, 4.69) is 0 Å². The predicted molar refractivity (Wildman–Crippen MR) is 181 cm³/mol. The first-order valence-corrected chi connectivity index (χ1v) is 16.4. The van der Waals surface area contributed by atoms with Gasteiger partial charge in [0.1, 0.15) is 77.6 Å². The molecule has 288 valence electrons. The summed E-state index contributed by atoms with van der Waals surface area (Å²) in [5.74, 6) is -3.75. The largest absolute Gasteiger partial charge is 0.508 e. The molecule has 10 N–H and O–H groups in total. The zero-order valence-corrected chi connectivity index (χ0v) is 28.1. The van der Waals surface area contributed by atoms with E-state index in [1.54, 1.807) is 0 Å². The highest BCUT2D eigenvalue weighted by Gasteiger charge is 2.46. The average Bonchev–Trinajstić information content (AvgIpc) is 3.14. The van der Waals surface area contributed by atoms with Crippen LogP contribution in [0.4, 0.5) is 0 Å². The Hall–Kier alpha value is -5.44. The Bertz CT molecular complexity index is 2080. The monoisotopic (exact) mass is 756 g/mol. The number of hydrogen-bond acceptors (Lipinski definition) is 18. The van der Waals surface area contributed by atoms with E-state index in [1.165, 1.54) is 55.5 Å². The van der Waals surface area contributed by atoms with Gasteiger partial charge in [0.2, 0.25) is 23.8 Å². The van der Waals surface area contributed by atoms with Crippen LogP contribution in [0, 0.1) is 0 Å². The lowest BCUT2D eigenvalue weighted by atomic mass is 9.99. The van der Waals surface area contributed by atoms with Crippen LogP contribution < -0.4 is 14.9 Å². The summed E-state index contributed by atoms with van der Waals surface area (Å²) < 4.78 is 33.7. The number of fused-ring (bicyclic) bond motifs is 1. The number of ether oxygens (including phenoxy) is 5. The van der Waals surface area contributed by atoms with Gasteiger partial charge in [-0.15, -0.1) is 0 Å². The van der Waals surface area contributed by atoms with Crippen molar-refractivity contribution in [3.8, 4) is 45.8 Å². The lowest BCUT2D eigenvalue weighted by Gasteiger charge is -2.39. The number of carbonyl (C=O) groups is 1. The molecule has 2 aliphatic rings. The van der Waals surface area contributed by atoms with Gasteiger partial charge in [0, 0.05) is 23.8 Å². The first-order chi connectivity index (χ1) is 25.6. The zero-order valence-electron chi connectivity index (χ0n) is 28.1. The molecule has 0 saturated carbocycles. The summed E-state index contributed by atoms with van der Waals surface area (Å²) in [7, 11) is 0. The van der Waals surface area contributed by atoms with Gasteiger partial charge in [-0.05, 0) is 55.0 Å². The number of hydrogen-bond donors (Lipinski definition) is 10. The maximum absolute atomic E-state index is 14.0. The topological polar surface area (TPSA) is 296 Å². The fourth-order valence-corrected chi connectivity index (χ4v) is 5.77. The molecule has 0 amide bonds. The molecule has 2 saturated heterocycles. The fourth-order valence-electron chi connectivity index (χ4n) is 5.77. The third-order valence-corrected chi connectivity index (χ3v) is 8.80. The molecule has 54 heavy (non-hydrogen) atoms. The van der Waals surface area contributed by atoms with Gasteiger partial charge in [0.05, 0.1) is 6.10 Å². The van der Waals surface area contributed by atoms with Crippen molar-refractivity contribution in [3.05, 3.63) is 76.5 Å². The molecule has 0 aliphatic carbocycles. The van der Waals surface area contributed by atoms with Crippen LogP contribution in [0.1, 0.15) is 12.5 Å². The van der Waals surface area contributed by atoms with E-state index in [0.29, 0.717) is 5.56 Å². The summed E-state index contributed by atoms with van der Waals surface area (Å²) >= 11 is 0. The molecule has 2 fully saturated rings. The third kappa shape index (κ3) is 7.77. The van der Waals surface area contributed by atoms with Crippen molar-refractivity contribution >= 4 is 23.0 Å². The van der Waals surface area contributed by atoms with Gasteiger partial charge in [-0.3, -0.25) is 4.79 Å². The molecule has 2 aliphatic heterocycles. The number of phenols is 4. The average molecular weight is 757 g/mol. The summed E-state index contributed by atoms with van der Waals surface area (Å²) in [4.78, 5) is 26.4. The maximum Gasteiger partial charge on any atom is 0.330 e. The van der Waals surface area contributed by atoms with E-state index in [-0.39, 0.29) is 34.2 Å². The fraction of sp³-hybridized carbons (Fsp3) is 0.333. The number of aliphatic hydroxyl groups is 6. The molecule has 6 rings (SSSR count). The second-order valence-electron chi connectivity index (χ2n) is 12.6. The predicted octanol–water partition coefficient (Wildman–Crippen LogP) is -0.0683. The number of phenolic OH excluding ortho intramolecular Hbond substituents is 4. The molecular formula is C36H36O18. The second-order valence-corrected chi connectivity index (χ2v) is 12.6. The van der Waals surface area contributed by atoms with E-state index >= 15 is 0 Å². The molecular weight excluding hydrogens is 720 g/mol. The lowest BCUT2D eigenvalue weighted by molar-refractivity contribution is -0.278. The Morgan fingerprint density at radius 3 is 2.09 bits per heavy atom. The molecule has 3 aromatic carbocycles. The smallest absolute Gasteiger partial charge is 0.330 e. The van der Waals surface area contributed by atoms with Gasteiger partial charge >= 0.3 is 5.97 Å². The van der Waals surface area contributed by atoms with Crippen molar-refractivity contribution < 1.29 is 84.0 Å². The van der Waals surface area contributed by atoms with Gasteiger partial charge in [0.25, 0.3) is 0 Å². The minimum Gasteiger partial charge on any atom is -0.508 e. The first kappa shape index (κ1) is 38.3. The van der Waals surface area contributed by atoms with Crippen LogP contribution in [0.2, 0.25) is 0 Å². The van der Waals surface area contributed by atoms with Crippen LogP contribution >= 0.6 is 0 Å². The van der Waals surface area contributed by atoms with Crippen molar-refractivity contribution in [2.75, 3.05) is 6.61 Å². The number of esters is 1. The number of benzene rings is 3. The lowest BCUT2D eigenvalue weighted by Crippen LogP contribution is -2.60. The number of carbonyl (C=O) groups excluding carboxylic acids is 1. The highest BCUT2D eigenvalue weighted by atomic mass is 16.7. The minimum atomic E-state index is -1.99. The van der Waals surface area contributed by atoms with Gasteiger partial charge in [-0.2, -0.15) is 0 Å². The van der Waals surface area contributed by atoms with Crippen molar-refractivity contribution in [3.63, 3.8) is 0 Å². The highest BCUT2D eigenvalue weighted by molar-refractivity contribution is 5.88. The Morgan fingerprint density at radius 1 is 0.741 bits per heavy atom. The summed E-state index contributed by atoms with van der Waals surface area (Å²) in [5.41, 5.74) is -0.835. The van der Waals surface area contributed by atoms with Crippen molar-refractivity contribution in [2.45, 2.75) is 68.3 Å². The summed E-state index contributed by atoms with van der Waals surface area (Å²) in [6.45, 7) is 0.760. The van der Waals surface area contributed by atoms with Gasteiger partial charge in [0.15, 0.2) is 17.3 Å². The maximum atomic E-state index is 14.0. The second kappa shape index (κ2) is 15.5. The third-order valence-electron chi connectivity index (χ3n) is 8.80. The van der Waals surface area contributed by atoms with Gasteiger partial charge in [-0.1, -0.05) is 6.07 Å². The Labute approximate surface area is 304 Å². The van der Waals surface area contributed by atoms with Crippen LogP contribution in [-0.4, -0.2) is 125 Å². The summed E-state index contributed by atoms with van der Waals surface area (Å²) in [6, 6.07) is 11.2. The molecule has 0 radical (unpaired) electrons. The van der Waals surface area contributed by atoms with E-state index in [1.807, 2.05) is 0 Å². The number of aromatic hydroxyl groups is 4. The Morgan fingerprint density at radius 2 is 1.41 bits per heavy atom. The van der Waals surface area contributed by atoms with Crippen LogP contribution in [0.3, 0.4) is 0 Å². The molecule has 0 spiro atoms. The van der Waals surface area contributed by atoms with Gasteiger partial charge < -0.3 is 79.2 Å². The van der Waals surface area contributed by atoms with E-state index < -0.39 is 102 Å². The van der Waals surface area contributed by atoms with Crippen LogP contribution in [0.25, 0.3) is 28.4 Å². The van der Waals surface area contributed by atoms with E-state index in [9.17, 15) is 60.7 Å². The summed E-state index contributed by atoms with van der Waals surface area (Å²) in [5, 5.41) is 102. The first-order valence-electron chi connectivity index (χ1n) is 16.4. The van der Waals surface area contributed by atoms with Crippen molar-refractivity contribution in [2.24, 2.45) is 0 Å². The molecule has 0 bridgehead atoms. The molecule has 10 atom stereocenters. The van der Waals surface area contributed by atoms with E-state index in [4.69, 9.17) is 28.1 Å². The van der Waals surface area contributed by atoms with Crippen LogP contribution in [0.5, 0.6) is 34.5 Å². The SMILES string of the molecule is CC1O[C@@H](Oc2cc(O)c3c(=O)c(O[C@@H]4OC(COC(=O)/C=C/c5ccc(O)c(O)c5)[C@@H](O)C(O)[C@@H]4O)c(-c4ccc(O)cc4)oc3c2)[C@@H](O)C(O)[C@H]1O. The number of rotatable bonds is 9. The number of aliphatic hydroxyl groups excluding tert-OH is 6. The van der Waals surface area contributed by atoms with Crippen LogP contribution in [-0.2, 0) is 19.0 Å². The van der Waals surface area contributed by atoms with Gasteiger partial charge in [-0.25, -0.2) is 4.79 Å². The highest BCUT2D eigenvalue weighted by Crippen LogP contribution is 2.38. The molecule has 3 heterocycles. The zero-order chi connectivity index (χ0) is 39.0. The molecule has 4 unspecified atom stereocenters. The molecule has 18 nitrogen and oxygen atoms in total. The van der Waals surface area contributed by atoms with E-state index in [0.717, 1.165) is 18.2 Å². The standard InChI is InChI=1S/C36H36O18/c1-14-26(42)29(45)31(47)35(50-14)51-18-11-21(40)25-22(12-18)52-33(16-4-6-17(37)7-5-16)34(28(25)44)54-36-32(48)30(46)27(43)23(53-36)13-49-24(41)9-3-15-2-8-19(38)20(39)10-15/h2-12,14,23,26-27,29-32,35-40,42-43,45-48H,13H2,1H3/b9-3+/t14?,23?,26-,27+,29?,30?,31-,32-,35-,36-/m0/s1. The normalized spacial score (nSPS) is 28.6. The van der Waals surface area contributed by atoms with Crippen molar-refractivity contribution in [1.29, 1.82) is 0 Å². The van der Waals surface area contributed by atoms with Crippen LogP contribution in [0.15, 0.2) is 69.9 Å². The molecule has 4 aromatic rings. The molecule has 1 aromatic heterocycles.